The first-order chi connectivity index (χ1) is 11.4. The molecule has 5 rings (SSSR count). The van der Waals surface area contributed by atoms with Crippen molar-refractivity contribution in [2.24, 2.45) is 0 Å². The fourth-order valence-electron chi connectivity index (χ4n) is 3.73. The molecule has 110 valence electrons. The van der Waals surface area contributed by atoms with Crippen LogP contribution in [-0.4, -0.2) is 0 Å². The average molecular weight is 330 g/mol. The summed E-state index contributed by atoms with van der Waals surface area (Å²) in [5, 5.41) is 2.98. The number of rotatable bonds is 2. The van der Waals surface area contributed by atoms with E-state index >= 15 is 0 Å². The topological polar surface area (TPSA) is 0 Å². The highest BCUT2D eigenvalue weighted by atomic mass is 31.0. The lowest BCUT2D eigenvalue weighted by atomic mass is 9.94. The van der Waals surface area contributed by atoms with E-state index in [1.807, 2.05) is 0 Å². The Bertz CT molecular complexity index is 977. The van der Waals surface area contributed by atoms with E-state index in [1.165, 1.54) is 44.0 Å². The van der Waals surface area contributed by atoms with E-state index in [4.69, 9.17) is 0 Å². The monoisotopic (exact) mass is 330 g/mol. The molecule has 0 fully saturated rings. The molecule has 23 heavy (non-hydrogen) atoms. The minimum Gasteiger partial charge on any atom is -0.132 e. The van der Waals surface area contributed by atoms with Crippen LogP contribution < -0.4 is 0 Å². The summed E-state index contributed by atoms with van der Waals surface area (Å²) in [7, 11) is 1.60. The average Bonchev–Trinajstić information content (AvgIpc) is 3.33. The molecule has 0 saturated carbocycles. The summed E-state index contributed by atoms with van der Waals surface area (Å²) < 4.78 is 0. The molecule has 0 nitrogen and oxygen atoms in total. The van der Waals surface area contributed by atoms with Gasteiger partial charge in [-0.3, -0.25) is 0 Å². The molecule has 2 heteroatoms. The van der Waals surface area contributed by atoms with Crippen LogP contribution in [0.3, 0.4) is 0 Å². The van der Waals surface area contributed by atoms with Gasteiger partial charge in [-0.05, 0) is 62.0 Å². The molecule has 0 amide bonds. The van der Waals surface area contributed by atoms with E-state index in [2.05, 4.69) is 72.3 Å². The molecule has 2 heterocycles. The van der Waals surface area contributed by atoms with Gasteiger partial charge >= 0.3 is 0 Å². The van der Waals surface area contributed by atoms with Gasteiger partial charge in [0.25, 0.3) is 0 Å². The number of hydrogen-bond donors (Lipinski definition) is 0. The molecule has 2 aromatic carbocycles. The number of hydrogen-bond acceptors (Lipinski definition) is 0. The van der Waals surface area contributed by atoms with E-state index in [9.17, 15) is 0 Å². The van der Waals surface area contributed by atoms with E-state index < -0.39 is 0 Å². The fourth-order valence-corrected chi connectivity index (χ4v) is 5.65. The molecule has 1 aliphatic rings. The van der Waals surface area contributed by atoms with Gasteiger partial charge in [0.05, 0.1) is 0 Å². The molecular formula is C21H16P2. The zero-order chi connectivity index (χ0) is 15.2. The summed E-state index contributed by atoms with van der Waals surface area (Å²) in [5.74, 6) is 4.58. The van der Waals surface area contributed by atoms with Gasteiger partial charge in [-0.25, -0.2) is 0 Å². The molecule has 2 atom stereocenters. The lowest BCUT2D eigenvalue weighted by molar-refractivity contribution is 1.27. The van der Waals surface area contributed by atoms with Gasteiger partial charge in [0, 0.05) is 0 Å². The lowest BCUT2D eigenvalue weighted by Gasteiger charge is -2.14. The van der Waals surface area contributed by atoms with Crippen LogP contribution in [0, 0.1) is 0 Å². The highest BCUT2D eigenvalue weighted by Crippen LogP contribution is 2.48. The molecule has 0 N–H and O–H groups in total. The number of benzene rings is 2. The molecule has 2 aromatic heterocycles. The van der Waals surface area contributed by atoms with Gasteiger partial charge < -0.3 is 0 Å². The van der Waals surface area contributed by atoms with Crippen LogP contribution in [0.15, 0.2) is 72.3 Å². The third-order valence-corrected chi connectivity index (χ3v) is 6.94. The van der Waals surface area contributed by atoms with Crippen molar-refractivity contribution in [2.75, 3.05) is 0 Å². The summed E-state index contributed by atoms with van der Waals surface area (Å²) in [4.78, 5) is 0. The fraction of sp³-hybridized carbons (Fsp3) is 0.0476. The van der Waals surface area contributed by atoms with Crippen LogP contribution >= 0.6 is 16.4 Å². The lowest BCUT2D eigenvalue weighted by Crippen LogP contribution is -1.89. The summed E-state index contributed by atoms with van der Waals surface area (Å²) in [6, 6.07) is 22.6. The maximum atomic E-state index is 2.35. The minimum atomic E-state index is 0.796. The standard InChI is InChI=1S/C21H16P2/c1-2-6-15-14(5-1)13-18-16(15)9-10-17(19-7-3-11-22-19)21(18)20-8-4-12-23-20/h1-12,22-23H,13H2. The maximum absolute atomic E-state index is 2.35. The van der Waals surface area contributed by atoms with Gasteiger partial charge in [-0.2, -0.15) is 0 Å². The van der Waals surface area contributed by atoms with Crippen LogP contribution in [-0.2, 0) is 6.42 Å². The molecule has 0 aliphatic heterocycles. The second kappa shape index (κ2) is 5.27. The second-order valence-electron chi connectivity index (χ2n) is 6.02. The first-order valence-corrected chi connectivity index (χ1v) is 10.1. The summed E-state index contributed by atoms with van der Waals surface area (Å²) in [5.41, 5.74) is 8.81. The smallest absolute Gasteiger partial charge is 0.000694 e. The van der Waals surface area contributed by atoms with Gasteiger partial charge in [-0.15, -0.1) is 16.4 Å². The summed E-state index contributed by atoms with van der Waals surface area (Å²) in [6.45, 7) is 0. The van der Waals surface area contributed by atoms with Gasteiger partial charge in [0.2, 0.25) is 0 Å². The zero-order valence-electron chi connectivity index (χ0n) is 12.6. The van der Waals surface area contributed by atoms with Crippen molar-refractivity contribution in [1.82, 2.24) is 0 Å². The molecule has 1 aliphatic carbocycles. The van der Waals surface area contributed by atoms with Crippen molar-refractivity contribution in [1.29, 1.82) is 0 Å². The highest BCUT2D eigenvalue weighted by Gasteiger charge is 2.24. The van der Waals surface area contributed by atoms with Crippen molar-refractivity contribution in [3.63, 3.8) is 0 Å². The summed E-state index contributed by atoms with van der Waals surface area (Å²) >= 11 is 0. The maximum Gasteiger partial charge on any atom is -0.000694 e. The number of fused-ring (bicyclic) bond motifs is 3. The molecular weight excluding hydrogens is 314 g/mol. The minimum absolute atomic E-state index is 0.796. The van der Waals surface area contributed by atoms with E-state index in [0.717, 1.165) is 22.8 Å². The van der Waals surface area contributed by atoms with Crippen LogP contribution in [0.2, 0.25) is 0 Å². The normalized spacial score (nSPS) is 12.9. The Hall–Kier alpha value is -2.00. The first kappa shape index (κ1) is 13.4. The van der Waals surface area contributed by atoms with Crippen molar-refractivity contribution >= 4 is 16.4 Å². The predicted octanol–water partition coefficient (Wildman–Crippen LogP) is 6.65. The molecule has 4 aromatic rings. The Morgan fingerprint density at radius 3 is 2.13 bits per heavy atom. The highest BCUT2D eigenvalue weighted by molar-refractivity contribution is 7.34. The van der Waals surface area contributed by atoms with Crippen LogP contribution in [0.25, 0.3) is 32.8 Å². The molecule has 0 spiro atoms. The Morgan fingerprint density at radius 2 is 1.35 bits per heavy atom. The molecule has 0 radical (unpaired) electrons. The van der Waals surface area contributed by atoms with Crippen LogP contribution in [0.4, 0.5) is 0 Å². The van der Waals surface area contributed by atoms with Crippen molar-refractivity contribution < 1.29 is 0 Å². The van der Waals surface area contributed by atoms with Crippen molar-refractivity contribution in [3.8, 4) is 32.8 Å². The van der Waals surface area contributed by atoms with Gasteiger partial charge in [0.1, 0.15) is 0 Å². The Labute approximate surface area is 139 Å². The Kier molecular flexibility index (Phi) is 3.08. The first-order valence-electron chi connectivity index (χ1n) is 7.93. The molecule has 0 saturated heterocycles. The van der Waals surface area contributed by atoms with Crippen molar-refractivity contribution in [3.05, 3.63) is 83.4 Å². The van der Waals surface area contributed by atoms with Gasteiger partial charge in [-0.1, -0.05) is 60.7 Å². The third-order valence-electron chi connectivity index (χ3n) is 4.74. The van der Waals surface area contributed by atoms with Crippen molar-refractivity contribution in [2.45, 2.75) is 6.42 Å². The Balaban J connectivity index is 1.83. The van der Waals surface area contributed by atoms with Crippen LogP contribution in [0.1, 0.15) is 11.1 Å². The van der Waals surface area contributed by atoms with E-state index in [-0.39, 0.29) is 0 Å². The second-order valence-corrected chi connectivity index (χ2v) is 8.34. The summed E-state index contributed by atoms with van der Waals surface area (Å²) in [6.07, 6.45) is 1.07. The van der Waals surface area contributed by atoms with Crippen LogP contribution in [0.5, 0.6) is 0 Å². The molecule has 2 unspecified atom stereocenters. The van der Waals surface area contributed by atoms with E-state index in [0.29, 0.717) is 0 Å². The third kappa shape index (κ3) is 2.07. The molecule has 0 bridgehead atoms. The largest absolute Gasteiger partial charge is 0.132 e. The zero-order valence-corrected chi connectivity index (χ0v) is 14.6. The SMILES string of the molecule is c1c[pH]c(-c2ccc3c(c2-c2ccc[pH]2)Cc2ccccc2-3)c1. The quantitative estimate of drug-likeness (QED) is 0.340. The predicted molar refractivity (Wildman–Crippen MR) is 105 cm³/mol. The van der Waals surface area contributed by atoms with E-state index in [1.54, 1.807) is 0 Å². The Morgan fingerprint density at radius 1 is 0.609 bits per heavy atom. The van der Waals surface area contributed by atoms with Gasteiger partial charge in [0.15, 0.2) is 0 Å².